The van der Waals surface area contributed by atoms with Crippen LogP contribution in [-0.2, 0) is 46.4 Å². The fourth-order valence-electron chi connectivity index (χ4n) is 6.51. The van der Waals surface area contributed by atoms with E-state index in [9.17, 15) is 43.8 Å². The van der Waals surface area contributed by atoms with Crippen molar-refractivity contribution in [3.8, 4) is 5.75 Å². The molecule has 0 bridgehead atoms. The zero-order chi connectivity index (χ0) is 42.4. The summed E-state index contributed by atoms with van der Waals surface area (Å²) in [5, 5.41) is 33.1. The van der Waals surface area contributed by atoms with Crippen molar-refractivity contribution in [2.45, 2.75) is 122 Å². The number of hydrogen-bond donors (Lipinski definition) is 8. The minimum Gasteiger partial charge on any atom is -0.508 e. The Balaban J connectivity index is 1.89. The average molecular weight is 794 g/mol. The fraction of sp³-hybridized carbons (Fsp3) is 0.537. The molecule has 3 rings (SSSR count). The lowest BCUT2D eigenvalue weighted by Gasteiger charge is -2.30. The second-order valence-electron chi connectivity index (χ2n) is 15.3. The highest BCUT2D eigenvalue weighted by atomic mass is 16.4. The zero-order valence-electron chi connectivity index (χ0n) is 33.6. The van der Waals surface area contributed by atoms with Crippen molar-refractivity contribution in [1.82, 2.24) is 31.5 Å². The lowest BCUT2D eigenvalue weighted by molar-refractivity contribution is -0.149. The number of aliphatic carboxylic acids is 1. The summed E-state index contributed by atoms with van der Waals surface area (Å²) in [4.78, 5) is 94.6. The minimum atomic E-state index is -1.29. The molecule has 1 fully saturated rings. The molecule has 16 nitrogen and oxygen atoms in total. The standard InChI is InChI=1S/C41H59N7O9/c1-7-24(4)34(47-35(50)25(5)42)39(54)43-26(6)36(51)44-30(22-28-15-17-29(49)18-16-28)37(52)45-31(21-27-12-9-8-10-13-27)38(53)46-32(20-23(2)3)40(55)48-19-11-14-33(48)41(56)57/h8-10,12-13,15-18,23-26,30-34,49H,7,11,14,19-22,42H2,1-6H3,(H,43,54)(H,44,51)(H,45,52)(H,46,53)(H,47,50)(H,56,57)/t24-,25-,26-,30-,31-,32-,33-,34-/m0/s1. The molecule has 57 heavy (non-hydrogen) atoms. The molecule has 1 heterocycles. The maximum Gasteiger partial charge on any atom is 0.326 e. The molecule has 0 aromatic heterocycles. The van der Waals surface area contributed by atoms with Gasteiger partial charge in [0, 0.05) is 19.4 Å². The monoisotopic (exact) mass is 793 g/mol. The van der Waals surface area contributed by atoms with Crippen LogP contribution in [-0.4, -0.2) is 105 Å². The maximum atomic E-state index is 14.2. The molecule has 1 aliphatic heterocycles. The number of carbonyl (C=O) groups excluding carboxylic acids is 6. The van der Waals surface area contributed by atoms with Crippen LogP contribution in [0.1, 0.15) is 78.4 Å². The van der Waals surface area contributed by atoms with E-state index in [1.807, 2.05) is 20.8 Å². The number of carboxylic acid groups (broad SMARTS) is 1. The first-order valence-corrected chi connectivity index (χ1v) is 19.5. The molecule has 0 spiro atoms. The Morgan fingerprint density at radius 2 is 1.26 bits per heavy atom. The van der Waals surface area contributed by atoms with Crippen molar-refractivity contribution in [1.29, 1.82) is 0 Å². The van der Waals surface area contributed by atoms with Crippen LogP contribution in [0.4, 0.5) is 0 Å². The number of likely N-dealkylation sites (tertiary alicyclic amines) is 1. The normalized spacial score (nSPS) is 17.5. The van der Waals surface area contributed by atoms with E-state index in [1.54, 1.807) is 49.4 Å². The van der Waals surface area contributed by atoms with Gasteiger partial charge < -0.3 is 47.4 Å². The van der Waals surface area contributed by atoms with Gasteiger partial charge in [0.15, 0.2) is 0 Å². The summed E-state index contributed by atoms with van der Waals surface area (Å²) in [6.45, 7) is 10.5. The summed E-state index contributed by atoms with van der Waals surface area (Å²) in [5.74, 6) is -5.32. The van der Waals surface area contributed by atoms with Crippen LogP contribution in [0.15, 0.2) is 54.6 Å². The SMILES string of the molecule is CC[C@H](C)[C@H](NC(=O)[C@H](C)N)C(=O)N[C@@H](C)C(=O)N[C@@H](Cc1ccc(O)cc1)C(=O)N[C@@H](Cc1ccccc1)C(=O)N[C@@H](CC(C)C)C(=O)N1CCC[C@H]1C(=O)O. The number of amides is 6. The number of carboxylic acids is 1. The molecule has 8 atom stereocenters. The molecule has 0 unspecified atom stereocenters. The number of carbonyl (C=O) groups is 7. The number of hydrogen-bond acceptors (Lipinski definition) is 9. The maximum absolute atomic E-state index is 14.2. The van der Waals surface area contributed by atoms with Gasteiger partial charge in [0.2, 0.25) is 35.4 Å². The predicted octanol–water partition coefficient (Wildman–Crippen LogP) is 1.14. The minimum absolute atomic E-state index is 0.0128. The number of nitrogens with zero attached hydrogens (tertiary/aromatic N) is 1. The molecule has 1 saturated heterocycles. The van der Waals surface area contributed by atoms with Crippen LogP contribution >= 0.6 is 0 Å². The second-order valence-corrected chi connectivity index (χ2v) is 15.3. The van der Waals surface area contributed by atoms with Crippen LogP contribution in [0.25, 0.3) is 0 Å². The molecule has 16 heteroatoms. The molecule has 312 valence electrons. The molecule has 2 aromatic carbocycles. The molecule has 1 aliphatic rings. The van der Waals surface area contributed by atoms with Gasteiger partial charge in [-0.15, -0.1) is 0 Å². The van der Waals surface area contributed by atoms with Gasteiger partial charge in [-0.1, -0.05) is 76.6 Å². The largest absolute Gasteiger partial charge is 0.508 e. The van der Waals surface area contributed by atoms with Gasteiger partial charge in [-0.05, 0) is 68.2 Å². The summed E-state index contributed by atoms with van der Waals surface area (Å²) in [5.41, 5.74) is 6.95. The van der Waals surface area contributed by atoms with E-state index in [-0.39, 0.29) is 43.4 Å². The van der Waals surface area contributed by atoms with E-state index in [1.165, 1.54) is 30.9 Å². The van der Waals surface area contributed by atoms with Crippen LogP contribution < -0.4 is 32.3 Å². The number of phenols is 1. The highest BCUT2D eigenvalue weighted by Gasteiger charge is 2.39. The summed E-state index contributed by atoms with van der Waals surface area (Å²) in [6.07, 6.45) is 1.51. The highest BCUT2D eigenvalue weighted by molar-refractivity contribution is 5.97. The third-order valence-electron chi connectivity index (χ3n) is 10.0. The van der Waals surface area contributed by atoms with E-state index in [0.29, 0.717) is 30.4 Å². The first-order valence-electron chi connectivity index (χ1n) is 19.5. The number of aromatic hydroxyl groups is 1. The molecular weight excluding hydrogens is 734 g/mol. The fourth-order valence-corrected chi connectivity index (χ4v) is 6.51. The third-order valence-corrected chi connectivity index (χ3v) is 10.0. The van der Waals surface area contributed by atoms with Gasteiger partial charge in [0.25, 0.3) is 0 Å². The molecule has 0 saturated carbocycles. The van der Waals surface area contributed by atoms with Crippen molar-refractivity contribution >= 4 is 41.4 Å². The average Bonchev–Trinajstić information content (AvgIpc) is 3.67. The third kappa shape index (κ3) is 13.9. The van der Waals surface area contributed by atoms with Gasteiger partial charge in [-0.3, -0.25) is 28.8 Å². The molecule has 0 radical (unpaired) electrons. The first-order chi connectivity index (χ1) is 26.9. The van der Waals surface area contributed by atoms with Crippen molar-refractivity contribution in [2.75, 3.05) is 6.54 Å². The highest BCUT2D eigenvalue weighted by Crippen LogP contribution is 2.21. The van der Waals surface area contributed by atoms with Gasteiger partial charge in [0.05, 0.1) is 6.04 Å². The Morgan fingerprint density at radius 1 is 0.719 bits per heavy atom. The van der Waals surface area contributed by atoms with Crippen molar-refractivity contribution < 1.29 is 43.8 Å². The Labute approximate surface area is 334 Å². The number of nitrogens with one attached hydrogen (secondary N) is 5. The molecule has 6 amide bonds. The Hall–Kier alpha value is -5.51. The summed E-state index contributed by atoms with van der Waals surface area (Å²) in [6, 6.07) is 7.26. The molecule has 9 N–H and O–H groups in total. The Morgan fingerprint density at radius 3 is 1.79 bits per heavy atom. The zero-order valence-corrected chi connectivity index (χ0v) is 33.6. The molecule has 2 aromatic rings. The molecule has 0 aliphatic carbocycles. The van der Waals surface area contributed by atoms with E-state index in [0.717, 1.165) is 0 Å². The Kier molecular flexibility index (Phi) is 17.5. The van der Waals surface area contributed by atoms with Crippen LogP contribution in [0.5, 0.6) is 5.75 Å². The van der Waals surface area contributed by atoms with Crippen molar-refractivity contribution in [2.24, 2.45) is 17.6 Å². The van der Waals surface area contributed by atoms with Crippen LogP contribution in [0.2, 0.25) is 0 Å². The van der Waals surface area contributed by atoms with Crippen molar-refractivity contribution in [3.05, 3.63) is 65.7 Å². The predicted molar refractivity (Wildman–Crippen MR) is 212 cm³/mol. The van der Waals surface area contributed by atoms with Gasteiger partial charge in [-0.2, -0.15) is 0 Å². The van der Waals surface area contributed by atoms with Gasteiger partial charge in [-0.25, -0.2) is 4.79 Å². The van der Waals surface area contributed by atoms with E-state index in [2.05, 4.69) is 26.6 Å². The van der Waals surface area contributed by atoms with E-state index in [4.69, 9.17) is 5.73 Å². The van der Waals surface area contributed by atoms with Crippen molar-refractivity contribution in [3.63, 3.8) is 0 Å². The molecular formula is C41H59N7O9. The van der Waals surface area contributed by atoms with E-state index >= 15 is 0 Å². The van der Waals surface area contributed by atoms with Gasteiger partial charge in [0.1, 0.15) is 42.0 Å². The number of nitrogens with two attached hydrogens (primary N) is 1. The van der Waals surface area contributed by atoms with Crippen LogP contribution in [0, 0.1) is 11.8 Å². The van der Waals surface area contributed by atoms with Gasteiger partial charge >= 0.3 is 5.97 Å². The first kappa shape index (κ1) is 45.9. The summed E-state index contributed by atoms with van der Waals surface area (Å²) < 4.78 is 0. The Bertz CT molecular complexity index is 1700. The lowest BCUT2D eigenvalue weighted by Crippen LogP contribution is -2.60. The summed E-state index contributed by atoms with van der Waals surface area (Å²) in [7, 11) is 0. The smallest absolute Gasteiger partial charge is 0.326 e. The quantitative estimate of drug-likeness (QED) is 0.0950. The summed E-state index contributed by atoms with van der Waals surface area (Å²) >= 11 is 0. The van der Waals surface area contributed by atoms with Crippen LogP contribution in [0.3, 0.4) is 0 Å². The van der Waals surface area contributed by atoms with E-state index < -0.39 is 83.7 Å². The lowest BCUT2D eigenvalue weighted by atomic mass is 9.97. The number of benzene rings is 2. The number of phenolic OH excluding ortho intramolecular Hbond substituents is 1. The topological polar surface area (TPSA) is 249 Å². The second kappa shape index (κ2) is 21.7. The number of rotatable bonds is 20.